The minimum Gasteiger partial charge on any atom is -0.508 e. The molecular formula is C15H15NO5S. The molecule has 2 aromatic rings. The fraction of sp³-hybridized carbons (Fsp3) is 0.133. The molecule has 116 valence electrons. The SMILES string of the molecule is O=C(O)C(Cc1ccccc1)NS(=O)(=O)c1cccc(O)c1. The van der Waals surface area contributed by atoms with Gasteiger partial charge in [0.2, 0.25) is 10.0 Å². The number of benzene rings is 2. The fourth-order valence-electron chi connectivity index (χ4n) is 1.94. The lowest BCUT2D eigenvalue weighted by Gasteiger charge is -2.15. The summed E-state index contributed by atoms with van der Waals surface area (Å²) in [6, 6.07) is 12.5. The van der Waals surface area contributed by atoms with Crippen LogP contribution in [-0.4, -0.2) is 30.6 Å². The number of carboxylic acids is 1. The molecule has 0 bridgehead atoms. The van der Waals surface area contributed by atoms with Gasteiger partial charge in [-0.2, -0.15) is 4.72 Å². The molecule has 0 fully saturated rings. The maximum Gasteiger partial charge on any atom is 0.322 e. The first-order valence-electron chi connectivity index (χ1n) is 6.46. The molecule has 0 aliphatic heterocycles. The number of aromatic hydroxyl groups is 1. The van der Waals surface area contributed by atoms with Gasteiger partial charge in [-0.1, -0.05) is 36.4 Å². The van der Waals surface area contributed by atoms with Crippen LogP contribution < -0.4 is 4.72 Å². The molecule has 0 spiro atoms. The first kappa shape index (κ1) is 16.0. The Bertz CT molecular complexity index is 759. The molecule has 3 N–H and O–H groups in total. The van der Waals surface area contributed by atoms with Crippen LogP contribution in [0.25, 0.3) is 0 Å². The Morgan fingerprint density at radius 1 is 1.09 bits per heavy atom. The maximum absolute atomic E-state index is 12.2. The van der Waals surface area contributed by atoms with E-state index in [4.69, 9.17) is 0 Å². The second kappa shape index (κ2) is 6.59. The van der Waals surface area contributed by atoms with Crippen molar-refractivity contribution in [1.82, 2.24) is 4.72 Å². The van der Waals surface area contributed by atoms with Crippen LogP contribution in [0.5, 0.6) is 5.75 Å². The Hall–Kier alpha value is -2.38. The van der Waals surface area contributed by atoms with E-state index in [0.29, 0.717) is 5.56 Å². The molecular weight excluding hydrogens is 306 g/mol. The average Bonchev–Trinajstić information content (AvgIpc) is 2.47. The van der Waals surface area contributed by atoms with E-state index in [1.165, 1.54) is 18.2 Å². The standard InChI is InChI=1S/C15H15NO5S/c17-12-7-4-8-13(10-12)22(20,21)16-14(15(18)19)9-11-5-2-1-3-6-11/h1-8,10,14,16-17H,9H2,(H,18,19). The molecule has 6 nitrogen and oxygen atoms in total. The summed E-state index contributed by atoms with van der Waals surface area (Å²) in [5.74, 6) is -1.48. The van der Waals surface area contributed by atoms with Gasteiger partial charge in [0.1, 0.15) is 11.8 Å². The number of hydrogen-bond acceptors (Lipinski definition) is 4. The normalized spacial score (nSPS) is 12.7. The van der Waals surface area contributed by atoms with Gasteiger partial charge < -0.3 is 10.2 Å². The quantitative estimate of drug-likeness (QED) is 0.745. The molecule has 0 heterocycles. The largest absolute Gasteiger partial charge is 0.508 e. The van der Waals surface area contributed by atoms with Crippen molar-refractivity contribution in [2.75, 3.05) is 0 Å². The van der Waals surface area contributed by atoms with Crippen LogP contribution in [0.3, 0.4) is 0 Å². The highest BCUT2D eigenvalue weighted by Crippen LogP contribution is 2.16. The number of nitrogens with one attached hydrogen (secondary N) is 1. The topological polar surface area (TPSA) is 104 Å². The number of carbonyl (C=O) groups is 1. The summed E-state index contributed by atoms with van der Waals surface area (Å²) in [4.78, 5) is 11.1. The summed E-state index contributed by atoms with van der Waals surface area (Å²) in [6.07, 6.45) is 0.0220. The summed E-state index contributed by atoms with van der Waals surface area (Å²) in [5, 5.41) is 18.6. The van der Waals surface area contributed by atoms with Crippen LogP contribution in [0, 0.1) is 0 Å². The van der Waals surface area contributed by atoms with Crippen molar-refractivity contribution >= 4 is 16.0 Å². The number of rotatable bonds is 6. The fourth-order valence-corrected chi connectivity index (χ4v) is 3.16. The Labute approximate surface area is 128 Å². The summed E-state index contributed by atoms with van der Waals surface area (Å²) >= 11 is 0. The zero-order valence-corrected chi connectivity index (χ0v) is 12.3. The van der Waals surface area contributed by atoms with Crippen molar-refractivity contribution in [3.05, 3.63) is 60.2 Å². The number of carboxylic acid groups (broad SMARTS) is 1. The summed E-state index contributed by atoms with van der Waals surface area (Å²) in [6.45, 7) is 0. The van der Waals surface area contributed by atoms with Gasteiger partial charge >= 0.3 is 5.97 Å². The lowest BCUT2D eigenvalue weighted by Crippen LogP contribution is -2.42. The summed E-state index contributed by atoms with van der Waals surface area (Å²) in [7, 11) is -4.04. The lowest BCUT2D eigenvalue weighted by molar-refractivity contribution is -0.138. The summed E-state index contributed by atoms with van der Waals surface area (Å²) in [5.41, 5.74) is 0.702. The highest BCUT2D eigenvalue weighted by Gasteiger charge is 2.25. The van der Waals surface area contributed by atoms with Crippen LogP contribution >= 0.6 is 0 Å². The zero-order chi connectivity index (χ0) is 16.2. The highest BCUT2D eigenvalue weighted by atomic mass is 32.2. The molecule has 0 aromatic heterocycles. The van der Waals surface area contributed by atoms with Crippen molar-refractivity contribution in [1.29, 1.82) is 0 Å². The van der Waals surface area contributed by atoms with Gasteiger partial charge in [0.25, 0.3) is 0 Å². The Morgan fingerprint density at radius 3 is 2.36 bits per heavy atom. The predicted octanol–water partition coefficient (Wildman–Crippen LogP) is 1.37. The first-order chi connectivity index (χ1) is 10.4. The zero-order valence-electron chi connectivity index (χ0n) is 11.5. The summed E-state index contributed by atoms with van der Waals surface area (Å²) < 4.78 is 26.6. The number of sulfonamides is 1. The van der Waals surface area contributed by atoms with Gasteiger partial charge in [-0.3, -0.25) is 4.79 Å². The third-order valence-corrected chi connectivity index (χ3v) is 4.48. The number of phenols is 1. The maximum atomic E-state index is 12.2. The molecule has 22 heavy (non-hydrogen) atoms. The van der Waals surface area contributed by atoms with Gasteiger partial charge in [0, 0.05) is 0 Å². The molecule has 2 aromatic carbocycles. The van der Waals surface area contributed by atoms with E-state index in [0.717, 1.165) is 6.07 Å². The number of hydrogen-bond donors (Lipinski definition) is 3. The minimum absolute atomic E-state index is 0.0220. The van der Waals surface area contributed by atoms with Gasteiger partial charge in [0.15, 0.2) is 0 Å². The minimum atomic E-state index is -4.04. The van der Waals surface area contributed by atoms with E-state index in [9.17, 15) is 23.4 Å². The predicted molar refractivity (Wildman–Crippen MR) is 80.0 cm³/mol. The monoisotopic (exact) mass is 321 g/mol. The molecule has 0 saturated carbocycles. The van der Waals surface area contributed by atoms with Crippen LogP contribution in [-0.2, 0) is 21.2 Å². The van der Waals surface area contributed by atoms with Crippen molar-refractivity contribution in [2.24, 2.45) is 0 Å². The Morgan fingerprint density at radius 2 is 1.77 bits per heavy atom. The molecule has 7 heteroatoms. The van der Waals surface area contributed by atoms with E-state index < -0.39 is 22.0 Å². The van der Waals surface area contributed by atoms with Crippen molar-refractivity contribution < 1.29 is 23.4 Å². The van der Waals surface area contributed by atoms with Gasteiger partial charge in [0.05, 0.1) is 4.90 Å². The second-order valence-electron chi connectivity index (χ2n) is 4.70. The van der Waals surface area contributed by atoms with E-state index >= 15 is 0 Å². The lowest BCUT2D eigenvalue weighted by atomic mass is 10.1. The average molecular weight is 321 g/mol. The van der Waals surface area contributed by atoms with E-state index in [1.54, 1.807) is 30.3 Å². The molecule has 0 radical (unpaired) electrons. The third-order valence-electron chi connectivity index (χ3n) is 3.01. The first-order valence-corrected chi connectivity index (χ1v) is 7.95. The van der Waals surface area contributed by atoms with E-state index in [1.807, 2.05) is 0 Å². The van der Waals surface area contributed by atoms with E-state index in [2.05, 4.69) is 4.72 Å². The molecule has 2 rings (SSSR count). The molecule has 0 aliphatic carbocycles. The molecule has 0 aliphatic rings. The molecule has 0 amide bonds. The van der Waals surface area contributed by atoms with Crippen LogP contribution in [0.2, 0.25) is 0 Å². The van der Waals surface area contributed by atoms with Gasteiger partial charge in [-0.15, -0.1) is 0 Å². The van der Waals surface area contributed by atoms with Crippen LogP contribution in [0.15, 0.2) is 59.5 Å². The van der Waals surface area contributed by atoms with E-state index in [-0.39, 0.29) is 17.1 Å². The molecule has 1 unspecified atom stereocenters. The Kier molecular flexibility index (Phi) is 4.79. The molecule has 0 saturated heterocycles. The second-order valence-corrected chi connectivity index (χ2v) is 6.41. The van der Waals surface area contributed by atoms with Crippen molar-refractivity contribution in [3.8, 4) is 5.75 Å². The highest BCUT2D eigenvalue weighted by molar-refractivity contribution is 7.89. The van der Waals surface area contributed by atoms with Gasteiger partial charge in [-0.05, 0) is 30.2 Å². The van der Waals surface area contributed by atoms with Crippen LogP contribution in [0.4, 0.5) is 0 Å². The smallest absolute Gasteiger partial charge is 0.322 e. The number of aliphatic carboxylic acids is 1. The van der Waals surface area contributed by atoms with Crippen molar-refractivity contribution in [3.63, 3.8) is 0 Å². The number of phenolic OH excluding ortho intramolecular Hbond substituents is 1. The molecule has 1 atom stereocenters. The Balaban J connectivity index is 2.22. The van der Waals surface area contributed by atoms with Crippen LogP contribution in [0.1, 0.15) is 5.56 Å². The van der Waals surface area contributed by atoms with Gasteiger partial charge in [-0.25, -0.2) is 8.42 Å². The van der Waals surface area contributed by atoms with Crippen molar-refractivity contribution in [2.45, 2.75) is 17.4 Å². The third kappa shape index (κ3) is 4.06.